The number of aliphatic hydroxyl groups is 1. The fraction of sp³-hybridized carbons (Fsp3) is 0.500. The zero-order chi connectivity index (χ0) is 12.0. The summed E-state index contributed by atoms with van der Waals surface area (Å²) in [5.41, 5.74) is 0.314. The minimum absolute atomic E-state index is 0.314. The minimum atomic E-state index is -0.811. The van der Waals surface area contributed by atoms with E-state index in [4.69, 9.17) is 4.74 Å². The summed E-state index contributed by atoms with van der Waals surface area (Å²) in [6, 6.07) is 4.91. The number of halogens is 2. The van der Waals surface area contributed by atoms with Crippen molar-refractivity contribution < 1.29 is 14.2 Å². The molecule has 90 valence electrons. The first-order chi connectivity index (χ1) is 7.66. The zero-order valence-corrected chi connectivity index (χ0v) is 10.8. The fourth-order valence-corrected chi connectivity index (χ4v) is 1.76. The molecule has 1 N–H and O–H groups in total. The van der Waals surface area contributed by atoms with E-state index >= 15 is 0 Å². The Bertz CT molecular complexity index is 331. The number of hydrogen-bond acceptors (Lipinski definition) is 2. The van der Waals surface area contributed by atoms with Crippen LogP contribution >= 0.6 is 15.9 Å². The fourth-order valence-electron chi connectivity index (χ4n) is 1.37. The van der Waals surface area contributed by atoms with Crippen molar-refractivity contribution >= 4 is 15.9 Å². The van der Waals surface area contributed by atoms with Gasteiger partial charge in [-0.1, -0.05) is 19.1 Å². The topological polar surface area (TPSA) is 29.5 Å². The van der Waals surface area contributed by atoms with Gasteiger partial charge in [0, 0.05) is 25.2 Å². The van der Waals surface area contributed by atoms with Gasteiger partial charge in [0.2, 0.25) is 0 Å². The van der Waals surface area contributed by atoms with Gasteiger partial charge in [-0.2, -0.15) is 0 Å². The molecule has 0 radical (unpaired) electrons. The molecule has 1 rings (SSSR count). The van der Waals surface area contributed by atoms with E-state index in [2.05, 4.69) is 15.9 Å². The largest absolute Gasteiger partial charge is 0.388 e. The molecule has 16 heavy (non-hydrogen) atoms. The van der Waals surface area contributed by atoms with E-state index in [0.717, 1.165) is 6.42 Å². The third-order valence-corrected chi connectivity index (χ3v) is 2.84. The van der Waals surface area contributed by atoms with E-state index in [1.807, 2.05) is 6.92 Å². The molecule has 1 aromatic rings. The maximum absolute atomic E-state index is 13.6. The molecule has 1 atom stereocenters. The van der Waals surface area contributed by atoms with Crippen molar-refractivity contribution in [2.75, 3.05) is 13.2 Å². The molecule has 0 saturated carbocycles. The van der Waals surface area contributed by atoms with Crippen molar-refractivity contribution in [3.05, 3.63) is 34.1 Å². The highest BCUT2D eigenvalue weighted by Crippen LogP contribution is 2.25. The Kier molecular flexibility index (Phi) is 5.95. The Morgan fingerprint density at radius 3 is 2.88 bits per heavy atom. The Labute approximate surface area is 104 Å². The summed E-state index contributed by atoms with van der Waals surface area (Å²) in [5, 5.41) is 9.78. The smallest absolute Gasteiger partial charge is 0.143 e. The van der Waals surface area contributed by atoms with Crippen LogP contribution in [0.15, 0.2) is 22.7 Å². The number of aliphatic hydroxyl groups excluding tert-OH is 1. The van der Waals surface area contributed by atoms with Crippen molar-refractivity contribution in [3.63, 3.8) is 0 Å². The molecule has 0 aliphatic heterocycles. The average molecular weight is 291 g/mol. The molecule has 4 heteroatoms. The normalized spacial score (nSPS) is 12.8. The first-order valence-electron chi connectivity index (χ1n) is 5.36. The molecule has 0 aliphatic carbocycles. The summed E-state index contributed by atoms with van der Waals surface area (Å²) in [5.74, 6) is -0.398. The highest BCUT2D eigenvalue weighted by atomic mass is 79.9. The number of hydrogen-bond donors (Lipinski definition) is 1. The van der Waals surface area contributed by atoms with Crippen LogP contribution in [0, 0.1) is 5.82 Å². The second-order valence-corrected chi connectivity index (χ2v) is 4.41. The van der Waals surface area contributed by atoms with Gasteiger partial charge in [0.05, 0.1) is 10.6 Å². The zero-order valence-electron chi connectivity index (χ0n) is 9.25. The van der Waals surface area contributed by atoms with E-state index in [9.17, 15) is 9.50 Å². The molecule has 0 aliphatic rings. The summed E-state index contributed by atoms with van der Waals surface area (Å²) >= 11 is 3.09. The lowest BCUT2D eigenvalue weighted by atomic mass is 10.1. The lowest BCUT2D eigenvalue weighted by Crippen LogP contribution is -2.06. The first kappa shape index (κ1) is 13.6. The molecule has 0 amide bonds. The predicted octanol–water partition coefficient (Wildman–Crippen LogP) is 3.44. The van der Waals surface area contributed by atoms with Crippen LogP contribution in [-0.4, -0.2) is 18.3 Å². The quantitative estimate of drug-likeness (QED) is 0.814. The van der Waals surface area contributed by atoms with Crippen LogP contribution in [0.3, 0.4) is 0 Å². The van der Waals surface area contributed by atoms with Crippen molar-refractivity contribution in [1.29, 1.82) is 0 Å². The van der Waals surface area contributed by atoms with Crippen LogP contribution < -0.4 is 0 Å². The van der Waals surface area contributed by atoms with Gasteiger partial charge in [-0.05, 0) is 28.4 Å². The molecule has 0 heterocycles. The summed E-state index contributed by atoms with van der Waals surface area (Å²) in [6.07, 6.45) is 0.545. The van der Waals surface area contributed by atoms with Crippen molar-refractivity contribution in [1.82, 2.24) is 0 Å². The summed E-state index contributed by atoms with van der Waals surface area (Å²) in [6.45, 7) is 3.14. The predicted molar refractivity (Wildman–Crippen MR) is 64.8 cm³/mol. The Morgan fingerprint density at radius 1 is 1.44 bits per heavy atom. The molecule has 1 aromatic carbocycles. The molecule has 0 saturated heterocycles. The lowest BCUT2D eigenvalue weighted by Gasteiger charge is -2.12. The standard InChI is InChI=1S/C12H16BrFO2/c1-2-7-16-8-6-11(15)9-4-3-5-10(13)12(9)14/h3-5,11,15H,2,6-8H2,1H3. The highest BCUT2D eigenvalue weighted by molar-refractivity contribution is 9.10. The van der Waals surface area contributed by atoms with Crippen LogP contribution in [0.25, 0.3) is 0 Å². The number of rotatable bonds is 6. The highest BCUT2D eigenvalue weighted by Gasteiger charge is 2.14. The monoisotopic (exact) mass is 290 g/mol. The van der Waals surface area contributed by atoms with Gasteiger partial charge in [0.25, 0.3) is 0 Å². The van der Waals surface area contributed by atoms with Gasteiger partial charge in [-0.3, -0.25) is 0 Å². The third-order valence-electron chi connectivity index (χ3n) is 2.22. The van der Waals surface area contributed by atoms with E-state index in [-0.39, 0.29) is 0 Å². The van der Waals surface area contributed by atoms with Crippen LogP contribution in [-0.2, 0) is 4.74 Å². The van der Waals surface area contributed by atoms with Gasteiger partial charge in [0.15, 0.2) is 0 Å². The van der Waals surface area contributed by atoms with Gasteiger partial charge < -0.3 is 9.84 Å². The number of benzene rings is 1. The van der Waals surface area contributed by atoms with Crippen LogP contribution in [0.5, 0.6) is 0 Å². The van der Waals surface area contributed by atoms with Crippen LogP contribution in [0.4, 0.5) is 4.39 Å². The molecule has 0 fully saturated rings. The third kappa shape index (κ3) is 3.85. The molecule has 2 nitrogen and oxygen atoms in total. The maximum Gasteiger partial charge on any atom is 0.143 e. The molecule has 1 unspecified atom stereocenters. The molecular weight excluding hydrogens is 275 g/mol. The molecule has 0 spiro atoms. The van der Waals surface area contributed by atoms with Gasteiger partial charge >= 0.3 is 0 Å². The first-order valence-corrected chi connectivity index (χ1v) is 6.15. The summed E-state index contributed by atoms with van der Waals surface area (Å²) in [7, 11) is 0. The number of ether oxygens (including phenoxy) is 1. The van der Waals surface area contributed by atoms with Crippen molar-refractivity contribution in [3.8, 4) is 0 Å². The lowest BCUT2D eigenvalue weighted by molar-refractivity contribution is 0.0806. The maximum atomic E-state index is 13.6. The summed E-state index contributed by atoms with van der Waals surface area (Å²) in [4.78, 5) is 0. The Hall–Kier alpha value is -0.450. The van der Waals surface area contributed by atoms with E-state index in [0.29, 0.717) is 29.7 Å². The SMILES string of the molecule is CCCOCCC(O)c1cccc(Br)c1F. The van der Waals surface area contributed by atoms with Crippen molar-refractivity contribution in [2.24, 2.45) is 0 Å². The summed E-state index contributed by atoms with van der Waals surface area (Å²) < 4.78 is 19.2. The second-order valence-electron chi connectivity index (χ2n) is 3.56. The second kappa shape index (κ2) is 6.99. The Morgan fingerprint density at radius 2 is 2.19 bits per heavy atom. The molecular formula is C12H16BrFO2. The molecule has 0 aromatic heterocycles. The van der Waals surface area contributed by atoms with Crippen LogP contribution in [0.2, 0.25) is 0 Å². The van der Waals surface area contributed by atoms with E-state index in [1.165, 1.54) is 0 Å². The van der Waals surface area contributed by atoms with Gasteiger partial charge in [0.1, 0.15) is 5.82 Å². The molecule has 0 bridgehead atoms. The Balaban J connectivity index is 2.52. The van der Waals surface area contributed by atoms with Gasteiger partial charge in [-0.15, -0.1) is 0 Å². The van der Waals surface area contributed by atoms with E-state index in [1.54, 1.807) is 18.2 Å². The van der Waals surface area contributed by atoms with Crippen LogP contribution in [0.1, 0.15) is 31.4 Å². The average Bonchev–Trinajstić information content (AvgIpc) is 2.28. The minimum Gasteiger partial charge on any atom is -0.388 e. The van der Waals surface area contributed by atoms with Crippen molar-refractivity contribution in [2.45, 2.75) is 25.9 Å². The van der Waals surface area contributed by atoms with Gasteiger partial charge in [-0.25, -0.2) is 4.39 Å². The van der Waals surface area contributed by atoms with E-state index < -0.39 is 11.9 Å².